The number of H-pyrrole nitrogens is 1. The van der Waals surface area contributed by atoms with Crippen molar-refractivity contribution in [1.82, 2.24) is 10.2 Å². The van der Waals surface area contributed by atoms with E-state index in [1.54, 1.807) is 31.2 Å². The summed E-state index contributed by atoms with van der Waals surface area (Å²) in [5, 5.41) is 9.72. The highest BCUT2D eigenvalue weighted by Crippen LogP contribution is 2.28. The number of hydrogen-bond donors (Lipinski definition) is 2. The number of aryl methyl sites for hydroxylation is 1. The van der Waals surface area contributed by atoms with Crippen LogP contribution in [0.15, 0.2) is 47.1 Å². The summed E-state index contributed by atoms with van der Waals surface area (Å²) >= 11 is 0. The normalized spacial score (nSPS) is 10.6. The van der Waals surface area contributed by atoms with E-state index >= 15 is 0 Å². The van der Waals surface area contributed by atoms with Crippen LogP contribution in [-0.4, -0.2) is 16.1 Å². The summed E-state index contributed by atoms with van der Waals surface area (Å²) < 4.78 is 18.0. The first kappa shape index (κ1) is 13.1. The molecule has 0 unspecified atom stereocenters. The number of anilines is 1. The van der Waals surface area contributed by atoms with Crippen LogP contribution in [0.5, 0.6) is 0 Å². The minimum absolute atomic E-state index is 0.209. The molecule has 0 radical (unpaired) electrons. The van der Waals surface area contributed by atoms with Gasteiger partial charge in [-0.1, -0.05) is 0 Å². The molecule has 5 nitrogen and oxygen atoms in total. The molecular formula is C15H12FN3O2. The van der Waals surface area contributed by atoms with E-state index in [1.165, 1.54) is 18.4 Å². The smallest absolute Gasteiger partial charge is 0.291 e. The number of amides is 1. The van der Waals surface area contributed by atoms with Crippen LogP contribution in [-0.2, 0) is 0 Å². The van der Waals surface area contributed by atoms with E-state index in [4.69, 9.17) is 4.42 Å². The van der Waals surface area contributed by atoms with Crippen molar-refractivity contribution in [3.8, 4) is 11.3 Å². The van der Waals surface area contributed by atoms with Crippen LogP contribution in [0.3, 0.4) is 0 Å². The molecule has 0 saturated carbocycles. The molecule has 6 heteroatoms. The van der Waals surface area contributed by atoms with Crippen LogP contribution in [0, 0.1) is 12.7 Å². The van der Waals surface area contributed by atoms with Crippen molar-refractivity contribution in [3.05, 3.63) is 59.9 Å². The molecule has 0 aliphatic carbocycles. The Labute approximate surface area is 119 Å². The second-order valence-corrected chi connectivity index (χ2v) is 4.51. The molecule has 0 aliphatic heterocycles. The van der Waals surface area contributed by atoms with Gasteiger partial charge in [-0.2, -0.15) is 5.10 Å². The van der Waals surface area contributed by atoms with Crippen LogP contribution < -0.4 is 5.32 Å². The van der Waals surface area contributed by atoms with Crippen molar-refractivity contribution in [2.24, 2.45) is 0 Å². The predicted octanol–water partition coefficient (Wildman–Crippen LogP) is 3.37. The van der Waals surface area contributed by atoms with Crippen molar-refractivity contribution in [1.29, 1.82) is 0 Å². The molecule has 2 aromatic heterocycles. The molecule has 106 valence electrons. The summed E-state index contributed by atoms with van der Waals surface area (Å²) in [6.07, 6.45) is 1.43. The Hall–Kier alpha value is -2.89. The number of benzene rings is 1. The third kappa shape index (κ3) is 2.55. The van der Waals surface area contributed by atoms with Crippen molar-refractivity contribution in [3.63, 3.8) is 0 Å². The zero-order valence-corrected chi connectivity index (χ0v) is 11.2. The average molecular weight is 285 g/mol. The molecule has 2 heterocycles. The second-order valence-electron chi connectivity index (χ2n) is 4.51. The van der Waals surface area contributed by atoms with E-state index in [0.29, 0.717) is 22.6 Å². The van der Waals surface area contributed by atoms with E-state index in [-0.39, 0.29) is 17.5 Å². The van der Waals surface area contributed by atoms with Crippen molar-refractivity contribution in [2.45, 2.75) is 6.92 Å². The second kappa shape index (κ2) is 5.24. The van der Waals surface area contributed by atoms with Crippen LogP contribution in [0.2, 0.25) is 0 Å². The highest BCUT2D eigenvalue weighted by Gasteiger charge is 2.17. The fourth-order valence-electron chi connectivity index (χ4n) is 1.98. The van der Waals surface area contributed by atoms with E-state index in [1.807, 2.05) is 0 Å². The number of furan rings is 1. The summed E-state index contributed by atoms with van der Waals surface area (Å²) in [6, 6.07) is 9.11. The maximum Gasteiger partial charge on any atom is 0.291 e. The van der Waals surface area contributed by atoms with Gasteiger partial charge < -0.3 is 9.73 Å². The molecule has 0 fully saturated rings. The van der Waals surface area contributed by atoms with Gasteiger partial charge in [0.1, 0.15) is 11.5 Å². The number of halogens is 1. The number of nitrogens with one attached hydrogen (secondary N) is 2. The van der Waals surface area contributed by atoms with Crippen LogP contribution >= 0.6 is 0 Å². The van der Waals surface area contributed by atoms with Crippen molar-refractivity contribution >= 4 is 11.6 Å². The van der Waals surface area contributed by atoms with Gasteiger partial charge in [0.2, 0.25) is 0 Å². The Morgan fingerprint density at radius 1 is 1.29 bits per heavy atom. The lowest BCUT2D eigenvalue weighted by molar-refractivity contribution is 0.0996. The van der Waals surface area contributed by atoms with Gasteiger partial charge in [-0.15, -0.1) is 0 Å². The lowest BCUT2D eigenvalue weighted by atomic mass is 10.1. The largest absolute Gasteiger partial charge is 0.459 e. The first-order valence-corrected chi connectivity index (χ1v) is 6.31. The molecule has 0 atom stereocenters. The summed E-state index contributed by atoms with van der Waals surface area (Å²) in [5.41, 5.74) is 2.50. The highest BCUT2D eigenvalue weighted by atomic mass is 19.1. The van der Waals surface area contributed by atoms with Gasteiger partial charge in [-0.05, 0) is 43.3 Å². The molecule has 0 spiro atoms. The fraction of sp³-hybridized carbons (Fsp3) is 0.0667. The number of hydrogen-bond acceptors (Lipinski definition) is 3. The van der Waals surface area contributed by atoms with Gasteiger partial charge in [0.05, 0.1) is 17.6 Å². The topological polar surface area (TPSA) is 70.9 Å². The lowest BCUT2D eigenvalue weighted by Gasteiger charge is -2.05. The molecule has 0 bridgehead atoms. The number of aromatic nitrogens is 2. The summed E-state index contributed by atoms with van der Waals surface area (Å²) in [7, 11) is 0. The first-order valence-electron chi connectivity index (χ1n) is 6.31. The summed E-state index contributed by atoms with van der Waals surface area (Å²) in [6.45, 7) is 1.79. The number of carbonyl (C=O) groups excluding carboxylic acids is 1. The lowest BCUT2D eigenvalue weighted by Crippen LogP contribution is -2.11. The summed E-state index contributed by atoms with van der Waals surface area (Å²) in [5.74, 6) is -0.485. The van der Waals surface area contributed by atoms with Crippen LogP contribution in [0.25, 0.3) is 11.3 Å². The van der Waals surface area contributed by atoms with E-state index in [2.05, 4.69) is 15.5 Å². The van der Waals surface area contributed by atoms with Gasteiger partial charge in [-0.3, -0.25) is 9.89 Å². The molecule has 0 saturated heterocycles. The zero-order valence-electron chi connectivity index (χ0n) is 11.2. The summed E-state index contributed by atoms with van der Waals surface area (Å²) in [4.78, 5) is 12.1. The monoisotopic (exact) mass is 285 g/mol. The average Bonchev–Trinajstić information content (AvgIpc) is 3.11. The van der Waals surface area contributed by atoms with E-state index < -0.39 is 0 Å². The molecule has 2 N–H and O–H groups in total. The number of carbonyl (C=O) groups is 1. The van der Waals surface area contributed by atoms with Gasteiger partial charge in [0.15, 0.2) is 5.76 Å². The number of rotatable bonds is 3. The Balaban J connectivity index is 1.94. The SMILES string of the molecule is Cc1[nH]nc(-c2ccc(F)cc2)c1NC(=O)c1ccco1. The third-order valence-electron chi connectivity index (χ3n) is 3.05. The quantitative estimate of drug-likeness (QED) is 0.775. The molecular weight excluding hydrogens is 273 g/mol. The number of nitrogens with zero attached hydrogens (tertiary/aromatic N) is 1. The fourth-order valence-corrected chi connectivity index (χ4v) is 1.98. The molecule has 3 rings (SSSR count). The maximum atomic E-state index is 13.0. The van der Waals surface area contributed by atoms with E-state index in [0.717, 1.165) is 0 Å². The van der Waals surface area contributed by atoms with Gasteiger partial charge in [-0.25, -0.2) is 4.39 Å². The van der Waals surface area contributed by atoms with Gasteiger partial charge >= 0.3 is 0 Å². The molecule has 3 aromatic rings. The first-order chi connectivity index (χ1) is 10.1. The molecule has 0 aliphatic rings. The number of aromatic amines is 1. The molecule has 1 amide bonds. The van der Waals surface area contributed by atoms with E-state index in [9.17, 15) is 9.18 Å². The Bertz CT molecular complexity index is 761. The van der Waals surface area contributed by atoms with Gasteiger partial charge in [0.25, 0.3) is 5.91 Å². The Kier molecular flexibility index (Phi) is 3.27. The van der Waals surface area contributed by atoms with Gasteiger partial charge in [0, 0.05) is 5.56 Å². The Morgan fingerprint density at radius 2 is 2.05 bits per heavy atom. The maximum absolute atomic E-state index is 13.0. The Morgan fingerprint density at radius 3 is 2.71 bits per heavy atom. The highest BCUT2D eigenvalue weighted by molar-refractivity contribution is 6.04. The minimum atomic E-state index is -0.368. The predicted molar refractivity (Wildman–Crippen MR) is 75.4 cm³/mol. The molecule has 21 heavy (non-hydrogen) atoms. The standard InChI is InChI=1S/C15H12FN3O2/c1-9-13(17-15(20)12-3-2-8-21-12)14(19-18-9)10-4-6-11(16)7-5-10/h2-8H,1H3,(H,17,20)(H,18,19). The third-order valence-corrected chi connectivity index (χ3v) is 3.05. The van der Waals surface area contributed by atoms with Crippen molar-refractivity contribution < 1.29 is 13.6 Å². The minimum Gasteiger partial charge on any atom is -0.459 e. The molecule has 1 aromatic carbocycles. The van der Waals surface area contributed by atoms with Crippen LogP contribution in [0.4, 0.5) is 10.1 Å². The van der Waals surface area contributed by atoms with Crippen LogP contribution in [0.1, 0.15) is 16.2 Å². The van der Waals surface area contributed by atoms with Crippen molar-refractivity contribution in [2.75, 3.05) is 5.32 Å². The zero-order chi connectivity index (χ0) is 14.8.